The zero-order chi connectivity index (χ0) is 14.5. The van der Waals surface area contributed by atoms with Gasteiger partial charge in [-0.25, -0.2) is 4.98 Å². The highest BCUT2D eigenvalue weighted by Gasteiger charge is 2.04. The van der Waals surface area contributed by atoms with Crippen molar-refractivity contribution in [2.24, 2.45) is 5.10 Å². The van der Waals surface area contributed by atoms with Gasteiger partial charge in [0.15, 0.2) is 0 Å². The smallest absolute Gasteiger partial charge is 0.287 e. The minimum atomic E-state index is -0.520. The summed E-state index contributed by atoms with van der Waals surface area (Å²) < 4.78 is 0.565. The van der Waals surface area contributed by atoms with Gasteiger partial charge in [-0.3, -0.25) is 15.5 Å². The molecule has 0 saturated heterocycles. The molecule has 1 heterocycles. The number of phenolic OH excluding ortho intramolecular Hbond substituents is 1. The van der Waals surface area contributed by atoms with Crippen LogP contribution >= 0.6 is 15.9 Å². The van der Waals surface area contributed by atoms with Crippen molar-refractivity contribution in [3.05, 3.63) is 56.7 Å². The fraction of sp³-hybridized carbons (Fsp3) is 0. The lowest BCUT2D eigenvalue weighted by molar-refractivity contribution is -0.385. The van der Waals surface area contributed by atoms with Crippen LogP contribution in [0.2, 0.25) is 0 Å². The maximum Gasteiger partial charge on any atom is 0.287 e. The van der Waals surface area contributed by atoms with Gasteiger partial charge in [0.25, 0.3) is 5.69 Å². The monoisotopic (exact) mass is 336 g/mol. The molecule has 0 fully saturated rings. The average molecular weight is 337 g/mol. The van der Waals surface area contributed by atoms with Gasteiger partial charge in [-0.15, -0.1) is 0 Å². The molecule has 1 aromatic carbocycles. The zero-order valence-electron chi connectivity index (χ0n) is 10.0. The van der Waals surface area contributed by atoms with Gasteiger partial charge < -0.3 is 5.11 Å². The third kappa shape index (κ3) is 3.51. The number of rotatable bonds is 4. The van der Waals surface area contributed by atoms with Crippen molar-refractivity contribution in [1.82, 2.24) is 4.98 Å². The van der Waals surface area contributed by atoms with Crippen LogP contribution in [0.5, 0.6) is 5.75 Å². The third-order valence-corrected chi connectivity index (χ3v) is 2.96. The molecular weight excluding hydrogens is 328 g/mol. The van der Waals surface area contributed by atoms with E-state index in [1.807, 2.05) is 0 Å². The number of benzene rings is 1. The summed E-state index contributed by atoms with van der Waals surface area (Å²) >= 11 is 3.20. The molecule has 8 heteroatoms. The second-order valence-corrected chi connectivity index (χ2v) is 4.59. The molecule has 2 N–H and O–H groups in total. The van der Waals surface area contributed by atoms with E-state index in [9.17, 15) is 15.2 Å². The van der Waals surface area contributed by atoms with Crippen LogP contribution in [0.15, 0.2) is 46.1 Å². The van der Waals surface area contributed by atoms with Crippen molar-refractivity contribution >= 4 is 33.6 Å². The van der Waals surface area contributed by atoms with Crippen molar-refractivity contribution in [2.45, 2.75) is 0 Å². The van der Waals surface area contributed by atoms with Gasteiger partial charge in [-0.05, 0) is 45.8 Å². The molecule has 0 aliphatic heterocycles. The first-order valence-corrected chi connectivity index (χ1v) is 6.23. The Balaban J connectivity index is 2.02. The molecule has 1 aromatic heterocycles. The molecule has 0 saturated carbocycles. The summed E-state index contributed by atoms with van der Waals surface area (Å²) in [6.45, 7) is 0. The van der Waals surface area contributed by atoms with Gasteiger partial charge in [-0.2, -0.15) is 5.10 Å². The van der Waals surface area contributed by atoms with Gasteiger partial charge in [-0.1, -0.05) is 0 Å². The summed E-state index contributed by atoms with van der Waals surface area (Å²) in [7, 11) is 0. The maximum absolute atomic E-state index is 10.5. The van der Waals surface area contributed by atoms with Gasteiger partial charge >= 0.3 is 0 Å². The molecule has 2 rings (SSSR count). The van der Waals surface area contributed by atoms with E-state index < -0.39 is 4.92 Å². The highest BCUT2D eigenvalue weighted by molar-refractivity contribution is 9.10. The lowest BCUT2D eigenvalue weighted by Gasteiger charge is -1.99. The Morgan fingerprint density at radius 1 is 1.40 bits per heavy atom. The number of pyridine rings is 1. The van der Waals surface area contributed by atoms with E-state index in [2.05, 4.69) is 31.4 Å². The van der Waals surface area contributed by atoms with E-state index >= 15 is 0 Å². The van der Waals surface area contributed by atoms with E-state index in [1.165, 1.54) is 24.4 Å². The van der Waals surface area contributed by atoms with Crippen molar-refractivity contribution in [2.75, 3.05) is 5.43 Å². The summed E-state index contributed by atoms with van der Waals surface area (Å²) in [5.41, 5.74) is 3.34. The number of anilines is 1. The molecule has 0 aliphatic rings. The van der Waals surface area contributed by atoms with Crippen LogP contribution in [0, 0.1) is 10.1 Å². The van der Waals surface area contributed by atoms with Crippen LogP contribution in [0.4, 0.5) is 11.5 Å². The summed E-state index contributed by atoms with van der Waals surface area (Å²) in [6, 6.07) is 7.72. The predicted octanol–water partition coefficient (Wildman–Crippen LogP) is 2.90. The van der Waals surface area contributed by atoms with Crippen molar-refractivity contribution in [3.63, 3.8) is 0 Å². The number of aromatic nitrogens is 1. The van der Waals surface area contributed by atoms with E-state index in [-0.39, 0.29) is 11.4 Å². The van der Waals surface area contributed by atoms with Crippen LogP contribution in [-0.4, -0.2) is 21.2 Å². The number of phenols is 1. The number of nitrogens with zero attached hydrogens (tertiary/aromatic N) is 3. The molecule has 7 nitrogen and oxygen atoms in total. The highest BCUT2D eigenvalue weighted by Crippen LogP contribution is 2.23. The standard InChI is InChI=1S/C12H9BrN4O3/c13-10-5-8(1-3-11(10)18)6-15-16-12-4-2-9(7-14-12)17(19)20/h1-7,18H,(H,14,16)/b15-6-. The quantitative estimate of drug-likeness (QED) is 0.507. The summed E-state index contributed by atoms with van der Waals surface area (Å²) in [6.07, 6.45) is 2.68. The number of hydrogen-bond acceptors (Lipinski definition) is 6. The molecule has 0 spiro atoms. The SMILES string of the molecule is O=[N+]([O-])c1ccc(N/N=C\c2ccc(O)c(Br)c2)nc1. The van der Waals surface area contributed by atoms with E-state index in [1.54, 1.807) is 12.1 Å². The summed E-state index contributed by atoms with van der Waals surface area (Å²) in [5, 5.41) is 23.8. The number of nitro groups is 1. The molecule has 2 aromatic rings. The Morgan fingerprint density at radius 2 is 2.20 bits per heavy atom. The summed E-state index contributed by atoms with van der Waals surface area (Å²) in [5.74, 6) is 0.539. The van der Waals surface area contributed by atoms with Gasteiger partial charge in [0.05, 0.1) is 15.6 Å². The van der Waals surface area contributed by atoms with Crippen molar-refractivity contribution < 1.29 is 10.0 Å². The Morgan fingerprint density at radius 3 is 2.80 bits per heavy atom. The Bertz CT molecular complexity index is 658. The number of aromatic hydroxyl groups is 1. The topological polar surface area (TPSA) is 101 Å². The number of hydrazone groups is 1. The lowest BCUT2D eigenvalue weighted by atomic mass is 10.2. The Labute approximate surface area is 122 Å². The molecule has 0 bridgehead atoms. The first-order valence-electron chi connectivity index (χ1n) is 5.44. The fourth-order valence-electron chi connectivity index (χ4n) is 1.34. The van der Waals surface area contributed by atoms with Gasteiger partial charge in [0.2, 0.25) is 0 Å². The van der Waals surface area contributed by atoms with Crippen LogP contribution < -0.4 is 5.43 Å². The second-order valence-electron chi connectivity index (χ2n) is 3.74. The maximum atomic E-state index is 10.5. The van der Waals surface area contributed by atoms with Crippen molar-refractivity contribution in [3.8, 4) is 5.75 Å². The third-order valence-electron chi connectivity index (χ3n) is 2.32. The van der Waals surface area contributed by atoms with Crippen LogP contribution in [0.1, 0.15) is 5.56 Å². The van der Waals surface area contributed by atoms with Crippen molar-refractivity contribution in [1.29, 1.82) is 0 Å². The summed E-state index contributed by atoms with van der Waals surface area (Å²) in [4.78, 5) is 13.8. The van der Waals surface area contributed by atoms with Crippen LogP contribution in [0.25, 0.3) is 0 Å². The minimum Gasteiger partial charge on any atom is -0.507 e. The molecular formula is C12H9BrN4O3. The lowest BCUT2D eigenvalue weighted by Crippen LogP contribution is -1.95. The Kier molecular flexibility index (Phi) is 4.26. The normalized spacial score (nSPS) is 10.7. The van der Waals surface area contributed by atoms with Gasteiger partial charge in [0.1, 0.15) is 17.8 Å². The number of nitrogens with one attached hydrogen (secondary N) is 1. The molecule has 0 radical (unpaired) electrons. The van der Waals surface area contributed by atoms with E-state index in [4.69, 9.17) is 0 Å². The molecule has 0 aliphatic carbocycles. The zero-order valence-corrected chi connectivity index (χ0v) is 11.6. The van der Waals surface area contributed by atoms with E-state index in [0.717, 1.165) is 11.8 Å². The number of hydrogen-bond donors (Lipinski definition) is 2. The Hall–Kier alpha value is -2.48. The first-order chi connectivity index (χ1) is 9.56. The molecule has 20 heavy (non-hydrogen) atoms. The molecule has 0 unspecified atom stereocenters. The molecule has 0 amide bonds. The van der Waals surface area contributed by atoms with Gasteiger partial charge in [0, 0.05) is 6.07 Å². The highest BCUT2D eigenvalue weighted by atomic mass is 79.9. The number of halogens is 1. The molecule has 102 valence electrons. The first kappa shape index (κ1) is 13.9. The minimum absolute atomic E-state index is 0.0815. The molecule has 0 atom stereocenters. The van der Waals surface area contributed by atoms with E-state index in [0.29, 0.717) is 10.3 Å². The van der Waals surface area contributed by atoms with Crippen LogP contribution in [-0.2, 0) is 0 Å². The van der Waals surface area contributed by atoms with Crippen LogP contribution in [0.3, 0.4) is 0 Å². The predicted molar refractivity (Wildman–Crippen MR) is 77.9 cm³/mol. The fourth-order valence-corrected chi connectivity index (χ4v) is 1.73. The largest absolute Gasteiger partial charge is 0.507 e. The second kappa shape index (κ2) is 6.11. The average Bonchev–Trinajstić information content (AvgIpc) is 2.43.